The third-order valence-electron chi connectivity index (χ3n) is 2.03. The molecule has 2 aromatic rings. The van der Waals surface area contributed by atoms with Crippen molar-refractivity contribution in [3.63, 3.8) is 0 Å². The highest BCUT2D eigenvalue weighted by Gasteiger charge is 2.19. The van der Waals surface area contributed by atoms with Gasteiger partial charge in [-0.05, 0) is 35.0 Å². The molecule has 6 heteroatoms. The lowest BCUT2D eigenvalue weighted by molar-refractivity contribution is 0.103. The summed E-state index contributed by atoms with van der Waals surface area (Å²) in [5.74, 6) is -0.0763. The van der Waals surface area contributed by atoms with Crippen molar-refractivity contribution in [2.75, 3.05) is 0 Å². The maximum atomic E-state index is 12.2. The molecule has 0 amide bonds. The molecule has 0 atom stereocenters. The van der Waals surface area contributed by atoms with Gasteiger partial charge in [-0.2, -0.15) is 0 Å². The number of aryl methyl sites for hydroxylation is 1. The Morgan fingerprint density at radius 1 is 1.25 bits per heavy atom. The largest absolute Gasteiger partial charge is 0.288 e. The molecule has 0 N–H and O–H groups in total. The summed E-state index contributed by atoms with van der Waals surface area (Å²) in [6.07, 6.45) is 0. The molecular formula is C10H5BrCl2OS2. The van der Waals surface area contributed by atoms with E-state index >= 15 is 0 Å². The van der Waals surface area contributed by atoms with Crippen LogP contribution in [0.1, 0.15) is 20.8 Å². The molecule has 0 spiro atoms. The first-order valence-electron chi connectivity index (χ1n) is 4.24. The molecule has 0 saturated heterocycles. The molecule has 2 aromatic heterocycles. The van der Waals surface area contributed by atoms with Crippen LogP contribution in [-0.2, 0) is 0 Å². The minimum absolute atomic E-state index is 0.0763. The highest BCUT2D eigenvalue weighted by Crippen LogP contribution is 2.35. The van der Waals surface area contributed by atoms with E-state index in [9.17, 15) is 4.79 Å². The minimum Gasteiger partial charge on any atom is -0.288 e. The predicted molar refractivity (Wildman–Crippen MR) is 74.5 cm³/mol. The molecule has 84 valence electrons. The van der Waals surface area contributed by atoms with Crippen LogP contribution >= 0.6 is 61.8 Å². The Kier molecular flexibility index (Phi) is 3.76. The first-order chi connectivity index (χ1) is 7.49. The topological polar surface area (TPSA) is 17.1 Å². The molecule has 0 aliphatic rings. The van der Waals surface area contributed by atoms with Gasteiger partial charge in [-0.15, -0.1) is 22.7 Å². The van der Waals surface area contributed by atoms with Crippen LogP contribution in [0.25, 0.3) is 0 Å². The van der Waals surface area contributed by atoms with Crippen LogP contribution in [0.4, 0.5) is 0 Å². The van der Waals surface area contributed by atoms with Gasteiger partial charge in [0.05, 0.1) is 13.7 Å². The zero-order chi connectivity index (χ0) is 11.9. The lowest BCUT2D eigenvalue weighted by atomic mass is 10.1. The molecule has 2 rings (SSSR count). The highest BCUT2D eigenvalue weighted by molar-refractivity contribution is 9.11. The fraction of sp³-hybridized carbons (Fsp3) is 0.100. The Morgan fingerprint density at radius 2 is 1.94 bits per heavy atom. The standard InChI is InChI=1S/C10H5BrCl2OS2/c1-4-5(2-7(11)15-4)9(14)6-3-8(12)16-10(6)13/h2-3H,1H3. The van der Waals surface area contributed by atoms with E-state index in [1.165, 1.54) is 22.7 Å². The Bertz CT molecular complexity index is 511. The molecule has 0 bridgehead atoms. The summed E-state index contributed by atoms with van der Waals surface area (Å²) in [5, 5.41) is 0. The second-order valence-corrected chi connectivity index (χ2v) is 8.01. The Morgan fingerprint density at radius 3 is 2.38 bits per heavy atom. The van der Waals surface area contributed by atoms with Gasteiger partial charge in [-0.3, -0.25) is 4.79 Å². The van der Waals surface area contributed by atoms with Gasteiger partial charge < -0.3 is 0 Å². The SMILES string of the molecule is Cc1sc(Br)cc1C(=O)c1cc(Cl)sc1Cl. The quantitative estimate of drug-likeness (QED) is 0.657. The lowest BCUT2D eigenvalue weighted by Crippen LogP contribution is -1.99. The summed E-state index contributed by atoms with van der Waals surface area (Å²) >= 11 is 17.9. The third-order valence-corrected chi connectivity index (χ3v) is 5.07. The van der Waals surface area contributed by atoms with Crippen molar-refractivity contribution in [2.45, 2.75) is 6.92 Å². The van der Waals surface area contributed by atoms with E-state index < -0.39 is 0 Å². The molecule has 16 heavy (non-hydrogen) atoms. The summed E-state index contributed by atoms with van der Waals surface area (Å²) in [5.41, 5.74) is 1.15. The van der Waals surface area contributed by atoms with E-state index in [2.05, 4.69) is 15.9 Å². The van der Waals surface area contributed by atoms with Crippen molar-refractivity contribution in [1.82, 2.24) is 0 Å². The van der Waals surface area contributed by atoms with Gasteiger partial charge in [0.15, 0.2) is 5.78 Å². The predicted octanol–water partition coefficient (Wildman–Crippen LogP) is 5.42. The number of halogens is 3. The van der Waals surface area contributed by atoms with Crippen LogP contribution in [0.3, 0.4) is 0 Å². The van der Waals surface area contributed by atoms with Gasteiger partial charge in [0.1, 0.15) is 4.34 Å². The van der Waals surface area contributed by atoms with Crippen molar-refractivity contribution < 1.29 is 4.79 Å². The summed E-state index contributed by atoms with van der Waals surface area (Å²) in [6.45, 7) is 1.91. The molecule has 0 saturated carbocycles. The van der Waals surface area contributed by atoms with Gasteiger partial charge in [-0.1, -0.05) is 23.2 Å². The molecular weight excluding hydrogens is 351 g/mol. The average molecular weight is 356 g/mol. The van der Waals surface area contributed by atoms with Gasteiger partial charge in [-0.25, -0.2) is 0 Å². The molecule has 0 fully saturated rings. The van der Waals surface area contributed by atoms with Crippen molar-refractivity contribution in [1.29, 1.82) is 0 Å². The van der Waals surface area contributed by atoms with E-state index in [0.29, 0.717) is 19.8 Å². The molecule has 0 aliphatic heterocycles. The zero-order valence-corrected chi connectivity index (χ0v) is 12.7. The Hall–Kier alpha value is 0.130. The van der Waals surface area contributed by atoms with Gasteiger partial charge in [0.2, 0.25) is 0 Å². The van der Waals surface area contributed by atoms with E-state index in [0.717, 1.165) is 8.66 Å². The van der Waals surface area contributed by atoms with Gasteiger partial charge >= 0.3 is 0 Å². The lowest BCUT2D eigenvalue weighted by Gasteiger charge is -1.96. The molecule has 0 unspecified atom stereocenters. The van der Waals surface area contributed by atoms with Gasteiger partial charge in [0.25, 0.3) is 0 Å². The highest BCUT2D eigenvalue weighted by atomic mass is 79.9. The second-order valence-electron chi connectivity index (χ2n) is 3.09. The monoisotopic (exact) mass is 354 g/mol. The number of hydrogen-bond donors (Lipinski definition) is 0. The molecule has 0 radical (unpaired) electrons. The van der Waals surface area contributed by atoms with Crippen LogP contribution in [0.15, 0.2) is 15.9 Å². The Labute approximate surface area is 119 Å². The number of hydrogen-bond acceptors (Lipinski definition) is 3. The summed E-state index contributed by atoms with van der Waals surface area (Å²) in [7, 11) is 0. The number of rotatable bonds is 2. The van der Waals surface area contributed by atoms with Crippen molar-refractivity contribution in [2.24, 2.45) is 0 Å². The summed E-state index contributed by atoms with van der Waals surface area (Å²) < 4.78 is 1.91. The third kappa shape index (κ3) is 2.36. The number of carbonyl (C=O) groups is 1. The molecule has 0 aromatic carbocycles. The summed E-state index contributed by atoms with van der Waals surface area (Å²) in [6, 6.07) is 3.42. The maximum absolute atomic E-state index is 12.2. The van der Waals surface area contributed by atoms with E-state index in [-0.39, 0.29) is 5.78 Å². The van der Waals surface area contributed by atoms with Crippen LogP contribution in [0, 0.1) is 6.92 Å². The smallest absolute Gasteiger partial charge is 0.196 e. The van der Waals surface area contributed by atoms with E-state index in [4.69, 9.17) is 23.2 Å². The van der Waals surface area contributed by atoms with Crippen molar-refractivity contribution in [3.05, 3.63) is 40.6 Å². The normalized spacial score (nSPS) is 10.8. The fourth-order valence-corrected chi connectivity index (χ4v) is 4.46. The first kappa shape index (κ1) is 12.6. The fourth-order valence-electron chi connectivity index (χ4n) is 1.31. The summed E-state index contributed by atoms with van der Waals surface area (Å²) in [4.78, 5) is 13.1. The number of carbonyl (C=O) groups excluding carboxylic acids is 1. The molecule has 1 nitrogen and oxygen atoms in total. The van der Waals surface area contributed by atoms with Crippen LogP contribution in [0.2, 0.25) is 8.67 Å². The molecule has 0 aliphatic carbocycles. The van der Waals surface area contributed by atoms with E-state index in [1.807, 2.05) is 13.0 Å². The number of ketones is 1. The van der Waals surface area contributed by atoms with Crippen LogP contribution in [0.5, 0.6) is 0 Å². The maximum Gasteiger partial charge on any atom is 0.196 e. The Balaban J connectivity index is 2.46. The second kappa shape index (κ2) is 4.78. The van der Waals surface area contributed by atoms with Crippen molar-refractivity contribution in [3.8, 4) is 0 Å². The minimum atomic E-state index is -0.0763. The average Bonchev–Trinajstić information content (AvgIpc) is 2.68. The van der Waals surface area contributed by atoms with Crippen LogP contribution < -0.4 is 0 Å². The first-order valence-corrected chi connectivity index (χ1v) is 7.42. The number of thiophene rings is 2. The zero-order valence-electron chi connectivity index (χ0n) is 8.01. The van der Waals surface area contributed by atoms with Crippen molar-refractivity contribution >= 4 is 67.6 Å². The van der Waals surface area contributed by atoms with Gasteiger partial charge in [0, 0.05) is 10.4 Å². The van der Waals surface area contributed by atoms with Crippen LogP contribution in [-0.4, -0.2) is 5.78 Å². The molecule has 2 heterocycles. The van der Waals surface area contributed by atoms with E-state index in [1.54, 1.807) is 6.07 Å².